The van der Waals surface area contributed by atoms with E-state index in [4.69, 9.17) is 14.3 Å². The van der Waals surface area contributed by atoms with Crippen LogP contribution in [0.5, 0.6) is 0 Å². The maximum atomic E-state index is 12.5. The average Bonchev–Trinajstić information content (AvgIpc) is 3.17. The molecule has 2 aromatic rings. The number of carboxylic acid groups (broad SMARTS) is 1. The number of amides is 1. The Balaban J connectivity index is 1.71. The molecule has 2 aromatic heterocycles. The number of aromatic nitrogens is 1. The summed E-state index contributed by atoms with van der Waals surface area (Å²) in [6, 6.07) is 1.91. The zero-order chi connectivity index (χ0) is 17.3. The van der Waals surface area contributed by atoms with Crippen LogP contribution in [0.15, 0.2) is 21.2 Å². The van der Waals surface area contributed by atoms with E-state index in [9.17, 15) is 9.59 Å². The Morgan fingerprint density at radius 2 is 2.25 bits per heavy atom. The van der Waals surface area contributed by atoms with Crippen molar-refractivity contribution in [3.8, 4) is 11.5 Å². The fraction of sp³-hybridized carbons (Fsp3) is 0.438. The van der Waals surface area contributed by atoms with E-state index in [2.05, 4.69) is 4.98 Å². The molecule has 1 fully saturated rings. The number of oxazole rings is 1. The molecule has 24 heavy (non-hydrogen) atoms. The summed E-state index contributed by atoms with van der Waals surface area (Å²) in [5.41, 5.74) is 1.46. The van der Waals surface area contributed by atoms with Crippen molar-refractivity contribution in [1.29, 1.82) is 0 Å². The van der Waals surface area contributed by atoms with E-state index in [1.165, 1.54) is 4.90 Å². The van der Waals surface area contributed by atoms with Crippen molar-refractivity contribution in [3.05, 3.63) is 28.3 Å². The number of nitrogens with zero attached hydrogens (tertiary/aromatic N) is 2. The molecule has 0 aromatic carbocycles. The molecule has 0 spiro atoms. The molecule has 8 heteroatoms. The van der Waals surface area contributed by atoms with Crippen LogP contribution in [-0.2, 0) is 20.7 Å². The molecule has 1 saturated heterocycles. The van der Waals surface area contributed by atoms with Crippen LogP contribution in [-0.4, -0.2) is 52.2 Å². The Hall–Kier alpha value is -2.19. The molecule has 0 aliphatic carbocycles. The van der Waals surface area contributed by atoms with Crippen LogP contribution in [0, 0.1) is 6.92 Å². The molecular weight excluding hydrogens is 332 g/mol. The Morgan fingerprint density at radius 1 is 1.46 bits per heavy atom. The molecule has 1 amide bonds. The molecule has 1 unspecified atom stereocenters. The molecule has 2 atom stereocenters. The quantitative estimate of drug-likeness (QED) is 0.906. The summed E-state index contributed by atoms with van der Waals surface area (Å²) in [6.45, 7) is 3.95. The van der Waals surface area contributed by atoms with Crippen molar-refractivity contribution in [1.82, 2.24) is 9.88 Å². The second kappa shape index (κ2) is 6.74. The van der Waals surface area contributed by atoms with Crippen LogP contribution in [0.2, 0.25) is 0 Å². The second-order valence-electron chi connectivity index (χ2n) is 5.78. The van der Waals surface area contributed by atoms with Crippen LogP contribution in [0.25, 0.3) is 11.5 Å². The van der Waals surface area contributed by atoms with Crippen LogP contribution in [0.1, 0.15) is 18.4 Å². The smallest absolute Gasteiger partial charge is 0.334 e. The lowest BCUT2D eigenvalue weighted by Gasteiger charge is -2.34. The SMILES string of the molecule is Cc1oc(-c2ccsc2)nc1CC(=O)N1CC(C(=O)O)O[C@H](C)C1. The lowest BCUT2D eigenvalue weighted by atomic mass is 10.2. The number of carbonyl (C=O) groups is 2. The summed E-state index contributed by atoms with van der Waals surface area (Å²) in [5, 5.41) is 13.0. The van der Waals surface area contributed by atoms with E-state index in [-0.39, 0.29) is 25.0 Å². The zero-order valence-electron chi connectivity index (χ0n) is 13.4. The van der Waals surface area contributed by atoms with Gasteiger partial charge in [0.1, 0.15) is 5.76 Å². The first-order valence-corrected chi connectivity index (χ1v) is 8.53. The predicted octanol–water partition coefficient (Wildman–Crippen LogP) is 1.95. The first-order valence-electron chi connectivity index (χ1n) is 7.59. The average molecular weight is 350 g/mol. The predicted molar refractivity (Wildman–Crippen MR) is 86.8 cm³/mol. The first kappa shape index (κ1) is 16.7. The Morgan fingerprint density at radius 3 is 2.92 bits per heavy atom. The zero-order valence-corrected chi connectivity index (χ0v) is 14.2. The van der Waals surface area contributed by atoms with Crippen molar-refractivity contribution in [2.24, 2.45) is 0 Å². The van der Waals surface area contributed by atoms with Gasteiger partial charge in [-0.1, -0.05) is 0 Å². The maximum absolute atomic E-state index is 12.5. The standard InChI is InChI=1S/C16H18N2O5S/c1-9-6-18(7-13(22-9)16(20)21)14(19)5-12-10(2)23-15(17-12)11-3-4-24-8-11/h3-4,8-9,13H,5-7H2,1-2H3,(H,20,21)/t9-,13?/m1/s1. The van der Waals surface area contributed by atoms with E-state index in [1.54, 1.807) is 25.2 Å². The number of hydrogen-bond acceptors (Lipinski definition) is 6. The van der Waals surface area contributed by atoms with Gasteiger partial charge < -0.3 is 19.2 Å². The molecule has 3 heterocycles. The molecule has 7 nitrogen and oxygen atoms in total. The van der Waals surface area contributed by atoms with E-state index in [0.717, 1.165) is 5.56 Å². The highest BCUT2D eigenvalue weighted by molar-refractivity contribution is 7.08. The fourth-order valence-electron chi connectivity index (χ4n) is 2.65. The maximum Gasteiger partial charge on any atom is 0.334 e. The van der Waals surface area contributed by atoms with Crippen molar-refractivity contribution < 1.29 is 23.8 Å². The van der Waals surface area contributed by atoms with Crippen molar-refractivity contribution in [2.45, 2.75) is 32.5 Å². The number of hydrogen-bond donors (Lipinski definition) is 1. The minimum atomic E-state index is -1.06. The number of rotatable bonds is 4. The summed E-state index contributed by atoms with van der Waals surface area (Å²) in [4.78, 5) is 29.6. The lowest BCUT2D eigenvalue weighted by Crippen LogP contribution is -2.52. The monoisotopic (exact) mass is 350 g/mol. The van der Waals surface area contributed by atoms with Crippen LogP contribution in [0.4, 0.5) is 0 Å². The first-order chi connectivity index (χ1) is 11.4. The molecule has 1 aliphatic rings. The van der Waals surface area contributed by atoms with Gasteiger partial charge in [-0.05, 0) is 25.3 Å². The molecule has 1 aliphatic heterocycles. The summed E-state index contributed by atoms with van der Waals surface area (Å²) >= 11 is 1.54. The number of carbonyl (C=O) groups excluding carboxylic acids is 1. The number of ether oxygens (including phenoxy) is 1. The normalized spacial score (nSPS) is 21.0. The van der Waals surface area contributed by atoms with E-state index in [1.807, 2.05) is 16.8 Å². The van der Waals surface area contributed by atoms with Gasteiger partial charge >= 0.3 is 5.97 Å². The summed E-state index contributed by atoms with van der Waals surface area (Å²) in [5.74, 6) is -0.141. The highest BCUT2D eigenvalue weighted by atomic mass is 32.1. The molecule has 0 saturated carbocycles. The molecule has 0 radical (unpaired) electrons. The Bertz CT molecular complexity index is 740. The van der Waals surface area contributed by atoms with Gasteiger partial charge in [0.2, 0.25) is 11.8 Å². The number of morpholine rings is 1. The number of aliphatic carboxylic acids is 1. The van der Waals surface area contributed by atoms with Crippen molar-refractivity contribution in [3.63, 3.8) is 0 Å². The number of aryl methyl sites for hydroxylation is 1. The lowest BCUT2D eigenvalue weighted by molar-refractivity contribution is -0.166. The highest BCUT2D eigenvalue weighted by Crippen LogP contribution is 2.24. The van der Waals surface area contributed by atoms with Gasteiger partial charge in [-0.15, -0.1) is 0 Å². The molecule has 0 bridgehead atoms. The largest absolute Gasteiger partial charge is 0.479 e. The van der Waals surface area contributed by atoms with Gasteiger partial charge in [0, 0.05) is 17.5 Å². The van der Waals surface area contributed by atoms with E-state index < -0.39 is 12.1 Å². The molecule has 1 N–H and O–H groups in total. The van der Waals surface area contributed by atoms with Gasteiger partial charge in [-0.3, -0.25) is 4.79 Å². The van der Waals surface area contributed by atoms with Gasteiger partial charge in [0.05, 0.1) is 24.8 Å². The van der Waals surface area contributed by atoms with Gasteiger partial charge in [-0.25, -0.2) is 9.78 Å². The van der Waals surface area contributed by atoms with E-state index >= 15 is 0 Å². The van der Waals surface area contributed by atoms with Crippen molar-refractivity contribution >= 4 is 23.2 Å². The minimum absolute atomic E-state index is 0.0484. The second-order valence-corrected chi connectivity index (χ2v) is 6.56. The summed E-state index contributed by atoms with van der Waals surface area (Å²) in [6.07, 6.45) is -1.22. The van der Waals surface area contributed by atoms with Crippen LogP contribution in [0.3, 0.4) is 0 Å². The van der Waals surface area contributed by atoms with Gasteiger partial charge in [0.15, 0.2) is 6.10 Å². The van der Waals surface area contributed by atoms with Crippen LogP contribution >= 0.6 is 11.3 Å². The Labute approximate surface area is 142 Å². The van der Waals surface area contributed by atoms with Crippen molar-refractivity contribution in [2.75, 3.05) is 13.1 Å². The topological polar surface area (TPSA) is 92.9 Å². The third-order valence-electron chi connectivity index (χ3n) is 3.87. The van der Waals surface area contributed by atoms with E-state index in [0.29, 0.717) is 23.9 Å². The molecule has 3 rings (SSSR count). The molecular formula is C16H18N2O5S. The number of carboxylic acids is 1. The third kappa shape index (κ3) is 3.49. The summed E-state index contributed by atoms with van der Waals surface area (Å²) in [7, 11) is 0. The highest BCUT2D eigenvalue weighted by Gasteiger charge is 2.33. The summed E-state index contributed by atoms with van der Waals surface area (Å²) < 4.78 is 11.0. The number of thiophene rings is 1. The van der Waals surface area contributed by atoms with Gasteiger partial charge in [0.25, 0.3) is 0 Å². The van der Waals surface area contributed by atoms with Crippen LogP contribution < -0.4 is 0 Å². The minimum Gasteiger partial charge on any atom is -0.479 e. The fourth-order valence-corrected chi connectivity index (χ4v) is 3.28. The molecule has 128 valence electrons. The third-order valence-corrected chi connectivity index (χ3v) is 4.55. The Kier molecular flexibility index (Phi) is 4.68. The van der Waals surface area contributed by atoms with Gasteiger partial charge in [-0.2, -0.15) is 11.3 Å².